The van der Waals surface area contributed by atoms with Gasteiger partial charge in [-0.2, -0.15) is 9.42 Å². The second kappa shape index (κ2) is 7.84. The number of hydrogen-bond acceptors (Lipinski definition) is 7. The minimum atomic E-state index is -3.58. The number of benzene rings is 1. The normalized spacial score (nSPS) is 12.2. The van der Waals surface area contributed by atoms with Crippen LogP contribution < -0.4 is 11.2 Å². The molecule has 1 N–H and O–H groups in total. The first-order chi connectivity index (χ1) is 12.6. The smallest absolute Gasteiger partial charge is 0.333 e. The van der Waals surface area contributed by atoms with Crippen molar-refractivity contribution < 1.29 is 13.5 Å². The van der Waals surface area contributed by atoms with E-state index in [1.165, 1.54) is 42.7 Å². The lowest BCUT2D eigenvalue weighted by atomic mass is 10.3. The van der Waals surface area contributed by atoms with Gasteiger partial charge in [0.1, 0.15) is 0 Å². The molecule has 0 bridgehead atoms. The zero-order chi connectivity index (χ0) is 20.4. The first kappa shape index (κ1) is 20.5. The maximum Gasteiger partial charge on any atom is 0.333 e. The Morgan fingerprint density at radius 3 is 2.07 bits per heavy atom. The van der Waals surface area contributed by atoms with Crippen molar-refractivity contribution in [3.63, 3.8) is 0 Å². The maximum absolute atomic E-state index is 12.4. The van der Waals surface area contributed by atoms with Gasteiger partial charge in [-0.05, 0) is 24.3 Å². The standard InChI is InChI=1S/C16H21N5O5S/c1-5-21(6-2)27(25,26)12-9-7-11(8-10-12)17-18-13-14(22)19(3)16(24)20(4)15(13)23/h7-10,22H,5-6H2,1-4H3. The summed E-state index contributed by atoms with van der Waals surface area (Å²) in [4.78, 5) is 23.9. The lowest BCUT2D eigenvalue weighted by molar-refractivity contribution is 0.413. The molecule has 10 nitrogen and oxygen atoms in total. The van der Waals surface area contributed by atoms with Crippen molar-refractivity contribution in [1.82, 2.24) is 13.4 Å². The summed E-state index contributed by atoms with van der Waals surface area (Å²) < 4.78 is 27.9. The highest BCUT2D eigenvalue weighted by atomic mass is 32.2. The lowest BCUT2D eigenvalue weighted by Crippen LogP contribution is -2.36. The molecule has 11 heteroatoms. The topological polar surface area (TPSA) is 126 Å². The SMILES string of the molecule is CCN(CC)S(=O)(=O)c1ccc(N=Nc2c(O)n(C)c(=O)n(C)c2=O)cc1. The summed E-state index contributed by atoms with van der Waals surface area (Å²) >= 11 is 0. The first-order valence-electron chi connectivity index (χ1n) is 8.16. The Balaban J connectivity index is 2.39. The van der Waals surface area contributed by atoms with Crippen molar-refractivity contribution in [3.8, 4) is 5.88 Å². The van der Waals surface area contributed by atoms with Gasteiger partial charge in [-0.15, -0.1) is 5.11 Å². The molecule has 0 fully saturated rings. The molecule has 146 valence electrons. The van der Waals surface area contributed by atoms with Gasteiger partial charge in [-0.3, -0.25) is 13.9 Å². The third-order valence-corrected chi connectivity index (χ3v) is 6.12. The van der Waals surface area contributed by atoms with Crippen LogP contribution in [-0.4, -0.2) is 40.1 Å². The van der Waals surface area contributed by atoms with Gasteiger partial charge < -0.3 is 5.11 Å². The first-order valence-corrected chi connectivity index (χ1v) is 9.60. The quantitative estimate of drug-likeness (QED) is 0.736. The van der Waals surface area contributed by atoms with E-state index in [1.807, 2.05) is 0 Å². The van der Waals surface area contributed by atoms with Crippen LogP contribution in [0.5, 0.6) is 5.88 Å². The molecule has 0 amide bonds. The molecule has 27 heavy (non-hydrogen) atoms. The van der Waals surface area contributed by atoms with Crippen LogP contribution in [0.15, 0.2) is 49.0 Å². The van der Waals surface area contributed by atoms with Gasteiger partial charge >= 0.3 is 5.69 Å². The average molecular weight is 395 g/mol. The van der Waals surface area contributed by atoms with Crippen LogP contribution in [0.1, 0.15) is 13.8 Å². The molecule has 0 aliphatic heterocycles. The van der Waals surface area contributed by atoms with Crippen LogP contribution in [0, 0.1) is 0 Å². The fourth-order valence-electron chi connectivity index (χ4n) is 2.41. The summed E-state index contributed by atoms with van der Waals surface area (Å²) in [6, 6.07) is 5.65. The zero-order valence-corrected chi connectivity index (χ0v) is 16.3. The number of rotatable bonds is 6. The van der Waals surface area contributed by atoms with Crippen molar-refractivity contribution in [3.05, 3.63) is 45.1 Å². The number of hydrogen-bond donors (Lipinski definition) is 1. The zero-order valence-electron chi connectivity index (χ0n) is 15.4. The molecule has 1 heterocycles. The molecule has 0 radical (unpaired) electrons. The highest BCUT2D eigenvalue weighted by Gasteiger charge is 2.21. The van der Waals surface area contributed by atoms with Crippen molar-refractivity contribution in [2.45, 2.75) is 18.7 Å². The molecule has 0 aliphatic carbocycles. The summed E-state index contributed by atoms with van der Waals surface area (Å²) in [6.07, 6.45) is 0. The van der Waals surface area contributed by atoms with Crippen molar-refractivity contribution in [2.24, 2.45) is 24.3 Å². The van der Waals surface area contributed by atoms with E-state index in [4.69, 9.17) is 0 Å². The molecular weight excluding hydrogens is 374 g/mol. The van der Waals surface area contributed by atoms with Gasteiger partial charge in [-0.1, -0.05) is 13.8 Å². The van der Waals surface area contributed by atoms with Crippen LogP contribution in [0.3, 0.4) is 0 Å². The summed E-state index contributed by atoms with van der Waals surface area (Å²) in [5.41, 5.74) is -1.59. The van der Waals surface area contributed by atoms with Crippen LogP contribution in [0.4, 0.5) is 11.4 Å². The monoisotopic (exact) mass is 395 g/mol. The summed E-state index contributed by atoms with van der Waals surface area (Å²) in [5, 5.41) is 17.5. The van der Waals surface area contributed by atoms with Gasteiger partial charge in [-0.25, -0.2) is 13.2 Å². The van der Waals surface area contributed by atoms with Crippen molar-refractivity contribution in [2.75, 3.05) is 13.1 Å². The van der Waals surface area contributed by atoms with E-state index in [0.29, 0.717) is 13.1 Å². The molecule has 2 rings (SSSR count). The molecule has 2 aromatic rings. The van der Waals surface area contributed by atoms with E-state index in [0.717, 1.165) is 9.13 Å². The Bertz CT molecular complexity index is 1080. The number of sulfonamides is 1. The van der Waals surface area contributed by atoms with E-state index in [-0.39, 0.29) is 16.3 Å². The van der Waals surface area contributed by atoms with Gasteiger partial charge in [0, 0.05) is 27.2 Å². The Hall–Kier alpha value is -2.79. The Morgan fingerprint density at radius 2 is 1.56 bits per heavy atom. The molecule has 0 saturated carbocycles. The van der Waals surface area contributed by atoms with E-state index in [9.17, 15) is 23.1 Å². The predicted molar refractivity (Wildman–Crippen MR) is 99.3 cm³/mol. The molecule has 0 spiro atoms. The molecule has 0 saturated heterocycles. The maximum atomic E-state index is 12.4. The predicted octanol–water partition coefficient (Wildman–Crippen LogP) is 1.24. The summed E-state index contributed by atoms with van der Waals surface area (Å²) in [6.45, 7) is 4.22. The highest BCUT2D eigenvalue weighted by Crippen LogP contribution is 2.24. The second-order valence-electron chi connectivity index (χ2n) is 5.66. The molecule has 0 atom stereocenters. The fourth-order valence-corrected chi connectivity index (χ4v) is 3.87. The van der Waals surface area contributed by atoms with E-state index >= 15 is 0 Å². The van der Waals surface area contributed by atoms with Gasteiger partial charge in [0.05, 0.1) is 10.6 Å². The van der Waals surface area contributed by atoms with Gasteiger partial charge in [0.15, 0.2) is 0 Å². The number of aromatic nitrogens is 2. The minimum absolute atomic E-state index is 0.117. The van der Waals surface area contributed by atoms with Crippen molar-refractivity contribution >= 4 is 21.4 Å². The Morgan fingerprint density at radius 1 is 1.00 bits per heavy atom. The third-order valence-electron chi connectivity index (χ3n) is 4.06. The largest absolute Gasteiger partial charge is 0.493 e. The average Bonchev–Trinajstić information content (AvgIpc) is 2.66. The summed E-state index contributed by atoms with van der Waals surface area (Å²) in [7, 11) is -1.03. The van der Waals surface area contributed by atoms with Crippen LogP contribution in [0.2, 0.25) is 0 Å². The highest BCUT2D eigenvalue weighted by molar-refractivity contribution is 7.89. The fraction of sp³-hybridized carbons (Fsp3) is 0.375. The van der Waals surface area contributed by atoms with Gasteiger partial charge in [0.2, 0.25) is 21.6 Å². The van der Waals surface area contributed by atoms with Crippen LogP contribution in [-0.2, 0) is 24.1 Å². The Kier molecular flexibility index (Phi) is 5.96. The Labute approximate surface area is 156 Å². The van der Waals surface area contributed by atoms with Crippen LogP contribution in [0.25, 0.3) is 0 Å². The van der Waals surface area contributed by atoms with E-state index in [2.05, 4.69) is 10.2 Å². The van der Waals surface area contributed by atoms with E-state index in [1.54, 1.807) is 13.8 Å². The van der Waals surface area contributed by atoms with Crippen LogP contribution >= 0.6 is 0 Å². The number of azo groups is 1. The van der Waals surface area contributed by atoms with E-state index < -0.39 is 27.2 Å². The minimum Gasteiger partial charge on any atom is -0.493 e. The summed E-state index contributed by atoms with van der Waals surface area (Å²) in [5.74, 6) is -0.604. The third kappa shape index (κ3) is 3.83. The molecule has 1 aromatic carbocycles. The van der Waals surface area contributed by atoms with Crippen molar-refractivity contribution in [1.29, 1.82) is 0 Å². The number of aromatic hydroxyl groups is 1. The molecular formula is C16H21N5O5S. The lowest BCUT2D eigenvalue weighted by Gasteiger charge is -2.18. The number of nitrogens with zero attached hydrogens (tertiary/aromatic N) is 5. The molecule has 1 aromatic heterocycles. The second-order valence-corrected chi connectivity index (χ2v) is 7.60. The van der Waals surface area contributed by atoms with Gasteiger partial charge in [0.25, 0.3) is 5.56 Å². The molecule has 0 aliphatic rings. The molecule has 0 unspecified atom stereocenters.